The van der Waals surface area contributed by atoms with Gasteiger partial charge in [-0.05, 0) is 13.0 Å². The molecule has 0 saturated heterocycles. The first-order chi connectivity index (χ1) is 9.61. The van der Waals surface area contributed by atoms with Crippen LogP contribution in [-0.2, 0) is 4.74 Å². The van der Waals surface area contributed by atoms with E-state index in [4.69, 9.17) is 11.6 Å². The maximum Gasteiger partial charge on any atom is 0.350 e. The number of hydrogen-bond acceptors (Lipinski definition) is 6. The Morgan fingerprint density at radius 2 is 2.25 bits per heavy atom. The van der Waals surface area contributed by atoms with E-state index in [0.29, 0.717) is 20.7 Å². The van der Waals surface area contributed by atoms with E-state index in [1.807, 2.05) is 18.2 Å². The quantitative estimate of drug-likeness (QED) is 0.534. The fourth-order valence-corrected chi connectivity index (χ4v) is 2.48. The number of anilines is 1. The zero-order chi connectivity index (χ0) is 14.5. The summed E-state index contributed by atoms with van der Waals surface area (Å²) in [5.74, 6) is -0.400. The number of esters is 1. The van der Waals surface area contributed by atoms with Crippen molar-refractivity contribution in [3.8, 4) is 0 Å². The minimum atomic E-state index is -0.400. The summed E-state index contributed by atoms with van der Waals surface area (Å²) in [6, 6.07) is 7.35. The Hall–Kier alpha value is -1.92. The molecule has 0 atom stereocenters. The highest BCUT2D eigenvalue weighted by molar-refractivity contribution is 7.17. The molecule has 2 aromatic rings. The Morgan fingerprint density at radius 1 is 1.50 bits per heavy atom. The Morgan fingerprint density at radius 3 is 2.95 bits per heavy atom. The average Bonchev–Trinajstić information content (AvgIpc) is 2.81. The van der Waals surface area contributed by atoms with Crippen molar-refractivity contribution in [1.82, 2.24) is 4.98 Å². The Kier molecular flexibility index (Phi) is 4.70. The largest absolute Gasteiger partial charge is 0.465 e. The van der Waals surface area contributed by atoms with Gasteiger partial charge < -0.3 is 4.74 Å². The van der Waals surface area contributed by atoms with E-state index in [1.165, 1.54) is 18.4 Å². The molecular formula is C13H12ClN3O2S. The molecule has 0 saturated carbocycles. The Bertz CT molecular complexity index is 655. The highest BCUT2D eigenvalue weighted by Crippen LogP contribution is 2.23. The number of hydrazone groups is 1. The van der Waals surface area contributed by atoms with Crippen molar-refractivity contribution in [2.75, 3.05) is 12.5 Å². The van der Waals surface area contributed by atoms with E-state index in [0.717, 1.165) is 5.56 Å². The highest BCUT2D eigenvalue weighted by Gasteiger charge is 2.15. The van der Waals surface area contributed by atoms with Gasteiger partial charge in [-0.2, -0.15) is 5.10 Å². The second kappa shape index (κ2) is 6.49. The molecule has 0 amide bonds. The summed E-state index contributed by atoms with van der Waals surface area (Å²) < 4.78 is 4.67. The molecule has 0 aliphatic heterocycles. The van der Waals surface area contributed by atoms with Gasteiger partial charge >= 0.3 is 5.97 Å². The first-order valence-electron chi connectivity index (χ1n) is 5.71. The lowest BCUT2D eigenvalue weighted by atomic mass is 10.2. The van der Waals surface area contributed by atoms with Crippen molar-refractivity contribution in [2.45, 2.75) is 6.92 Å². The third kappa shape index (κ3) is 3.34. The molecule has 0 unspecified atom stereocenters. The van der Waals surface area contributed by atoms with Gasteiger partial charge in [0.15, 0.2) is 0 Å². The number of hydrogen-bond donors (Lipinski definition) is 1. The summed E-state index contributed by atoms with van der Waals surface area (Å²) >= 11 is 7.19. The molecule has 1 heterocycles. The van der Waals surface area contributed by atoms with Crippen molar-refractivity contribution < 1.29 is 9.53 Å². The lowest BCUT2D eigenvalue weighted by molar-refractivity contribution is 0.0605. The number of aromatic nitrogens is 1. The molecule has 1 aromatic carbocycles. The summed E-state index contributed by atoms with van der Waals surface area (Å²) in [5, 5.41) is 5.18. The van der Waals surface area contributed by atoms with Crippen LogP contribution in [0.15, 0.2) is 29.4 Å². The van der Waals surface area contributed by atoms with Crippen LogP contribution >= 0.6 is 22.9 Å². The number of nitrogens with zero attached hydrogens (tertiary/aromatic N) is 2. The molecule has 20 heavy (non-hydrogen) atoms. The SMILES string of the molecule is COC(=O)c1sc(N/N=C/c2ccccc2Cl)nc1C. The minimum absolute atomic E-state index is 0.400. The van der Waals surface area contributed by atoms with Crippen molar-refractivity contribution >= 4 is 40.3 Å². The normalized spacial score (nSPS) is 10.8. The number of carbonyl (C=O) groups excluding carboxylic acids is 1. The molecule has 2 rings (SSSR count). The standard InChI is InChI=1S/C13H12ClN3O2S/c1-8-11(12(18)19-2)20-13(16-8)17-15-7-9-5-3-4-6-10(9)14/h3-7H,1-2H3,(H,16,17)/b15-7+. The number of nitrogens with one attached hydrogen (secondary N) is 1. The molecule has 0 spiro atoms. The van der Waals surface area contributed by atoms with E-state index in [1.54, 1.807) is 19.2 Å². The molecule has 0 fully saturated rings. The molecule has 1 aromatic heterocycles. The van der Waals surface area contributed by atoms with Crippen LogP contribution in [0.4, 0.5) is 5.13 Å². The lowest BCUT2D eigenvalue weighted by Gasteiger charge is -1.96. The predicted molar refractivity (Wildman–Crippen MR) is 80.9 cm³/mol. The monoisotopic (exact) mass is 309 g/mol. The molecule has 0 radical (unpaired) electrons. The van der Waals surface area contributed by atoms with E-state index < -0.39 is 5.97 Å². The Labute approximate surface area is 125 Å². The maximum atomic E-state index is 11.5. The van der Waals surface area contributed by atoms with Crippen molar-refractivity contribution in [3.05, 3.63) is 45.4 Å². The lowest BCUT2D eigenvalue weighted by Crippen LogP contribution is -1.99. The van der Waals surface area contributed by atoms with Crippen molar-refractivity contribution in [1.29, 1.82) is 0 Å². The molecule has 1 N–H and O–H groups in total. The van der Waals surface area contributed by atoms with Gasteiger partial charge in [-0.15, -0.1) is 0 Å². The fraction of sp³-hybridized carbons (Fsp3) is 0.154. The number of benzene rings is 1. The summed E-state index contributed by atoms with van der Waals surface area (Å²) in [5.41, 5.74) is 4.17. The number of halogens is 1. The second-order valence-electron chi connectivity index (χ2n) is 3.82. The summed E-state index contributed by atoms with van der Waals surface area (Å²) in [6.45, 7) is 1.74. The number of carbonyl (C=O) groups is 1. The van der Waals surface area contributed by atoms with Gasteiger partial charge in [-0.25, -0.2) is 9.78 Å². The van der Waals surface area contributed by atoms with Crippen LogP contribution in [0.5, 0.6) is 0 Å². The van der Waals surface area contributed by atoms with E-state index >= 15 is 0 Å². The van der Waals surface area contributed by atoms with E-state index in [2.05, 4.69) is 20.2 Å². The van der Waals surface area contributed by atoms with Gasteiger partial charge in [0, 0.05) is 10.6 Å². The van der Waals surface area contributed by atoms with Crippen molar-refractivity contribution in [3.63, 3.8) is 0 Å². The smallest absolute Gasteiger partial charge is 0.350 e. The van der Waals surface area contributed by atoms with Crippen LogP contribution in [-0.4, -0.2) is 24.3 Å². The van der Waals surface area contributed by atoms with Gasteiger partial charge in [0.05, 0.1) is 19.0 Å². The zero-order valence-electron chi connectivity index (χ0n) is 10.9. The molecule has 0 bridgehead atoms. The maximum absolute atomic E-state index is 11.5. The van der Waals surface area contributed by atoms with Crippen LogP contribution < -0.4 is 5.43 Å². The summed E-state index contributed by atoms with van der Waals surface area (Å²) in [7, 11) is 1.34. The van der Waals surface area contributed by atoms with Crippen LogP contribution in [0.25, 0.3) is 0 Å². The van der Waals surface area contributed by atoms with Crippen LogP contribution in [0.1, 0.15) is 20.9 Å². The number of aryl methyl sites for hydroxylation is 1. The fourth-order valence-electron chi connectivity index (χ4n) is 1.46. The first kappa shape index (κ1) is 14.5. The van der Waals surface area contributed by atoms with Gasteiger partial charge in [0.25, 0.3) is 0 Å². The zero-order valence-corrected chi connectivity index (χ0v) is 12.5. The molecule has 5 nitrogen and oxygen atoms in total. The van der Waals surface area contributed by atoms with E-state index in [9.17, 15) is 4.79 Å². The third-order valence-electron chi connectivity index (χ3n) is 2.44. The number of thiazole rings is 1. The van der Waals surface area contributed by atoms with Gasteiger partial charge in [0.1, 0.15) is 4.88 Å². The van der Waals surface area contributed by atoms with Gasteiger partial charge in [0.2, 0.25) is 5.13 Å². The van der Waals surface area contributed by atoms with Crippen molar-refractivity contribution in [2.24, 2.45) is 5.10 Å². The van der Waals surface area contributed by atoms with Gasteiger partial charge in [-0.3, -0.25) is 5.43 Å². The minimum Gasteiger partial charge on any atom is -0.465 e. The van der Waals surface area contributed by atoms with Crippen LogP contribution in [0, 0.1) is 6.92 Å². The third-order valence-corrected chi connectivity index (χ3v) is 3.82. The average molecular weight is 310 g/mol. The first-order valence-corrected chi connectivity index (χ1v) is 6.90. The molecule has 104 valence electrons. The van der Waals surface area contributed by atoms with Gasteiger partial charge in [-0.1, -0.05) is 41.1 Å². The molecule has 0 aliphatic carbocycles. The molecule has 0 aliphatic rings. The Balaban J connectivity index is 2.08. The van der Waals surface area contributed by atoms with Crippen LogP contribution in [0.3, 0.4) is 0 Å². The second-order valence-corrected chi connectivity index (χ2v) is 5.22. The molecule has 7 heteroatoms. The number of methoxy groups -OCH3 is 1. The summed E-state index contributed by atoms with van der Waals surface area (Å²) in [4.78, 5) is 16.1. The number of rotatable bonds is 4. The van der Waals surface area contributed by atoms with E-state index in [-0.39, 0.29) is 0 Å². The van der Waals surface area contributed by atoms with Crippen LogP contribution in [0.2, 0.25) is 5.02 Å². The topological polar surface area (TPSA) is 63.6 Å². The molecular weight excluding hydrogens is 298 g/mol. The number of ether oxygens (including phenoxy) is 1. The summed E-state index contributed by atoms with van der Waals surface area (Å²) in [6.07, 6.45) is 1.59. The highest BCUT2D eigenvalue weighted by atomic mass is 35.5. The predicted octanol–water partition coefficient (Wildman–Crippen LogP) is 3.34.